The number of hydrogen-bond acceptors (Lipinski definition) is 2. The molecule has 0 aliphatic heterocycles. The van der Waals surface area contributed by atoms with Crippen LogP contribution in [0.5, 0.6) is 5.75 Å². The minimum Gasteiger partial charge on any atom is -0.493 e. The molecular weight excluding hydrogens is 350 g/mol. The Labute approximate surface area is 118 Å². The first kappa shape index (κ1) is 14.5. The van der Waals surface area contributed by atoms with E-state index in [1.54, 1.807) is 13.8 Å². The predicted molar refractivity (Wildman–Crippen MR) is 77.4 cm³/mol. The van der Waals surface area contributed by atoms with Crippen LogP contribution in [0.25, 0.3) is 0 Å². The average molecular weight is 365 g/mol. The summed E-state index contributed by atoms with van der Waals surface area (Å²) in [5.41, 5.74) is 0.758. The first-order chi connectivity index (χ1) is 7.93. The van der Waals surface area contributed by atoms with Gasteiger partial charge in [-0.1, -0.05) is 31.9 Å². The summed E-state index contributed by atoms with van der Waals surface area (Å²) in [5.74, 6) is 0.715. The van der Waals surface area contributed by atoms with Crippen molar-refractivity contribution in [3.8, 4) is 5.75 Å². The minimum absolute atomic E-state index is 0.0772. The van der Waals surface area contributed by atoms with Gasteiger partial charge in [0.05, 0.1) is 10.9 Å². The van der Waals surface area contributed by atoms with Crippen LogP contribution in [0.2, 0.25) is 0 Å². The van der Waals surface area contributed by atoms with Crippen LogP contribution < -0.4 is 10.1 Å². The zero-order chi connectivity index (χ0) is 12.9. The Morgan fingerprint density at radius 3 is 2.41 bits per heavy atom. The van der Waals surface area contributed by atoms with Gasteiger partial charge in [0, 0.05) is 11.0 Å². The van der Waals surface area contributed by atoms with Gasteiger partial charge in [-0.05, 0) is 38.1 Å². The molecule has 1 N–H and O–H groups in total. The van der Waals surface area contributed by atoms with E-state index in [1.165, 1.54) is 0 Å². The maximum Gasteiger partial charge on any atom is 0.240 e. The molecule has 3 nitrogen and oxygen atoms in total. The molecule has 1 aromatic carbocycles. The number of anilines is 1. The van der Waals surface area contributed by atoms with Crippen molar-refractivity contribution in [2.75, 3.05) is 17.3 Å². The number of hydrogen-bond donors (Lipinski definition) is 1. The van der Waals surface area contributed by atoms with Crippen LogP contribution in [0.15, 0.2) is 24.3 Å². The summed E-state index contributed by atoms with van der Waals surface area (Å²) in [6.45, 7) is 4.23. The lowest BCUT2D eigenvalue weighted by Gasteiger charge is -2.16. The van der Waals surface area contributed by atoms with E-state index in [0.717, 1.165) is 16.8 Å². The van der Waals surface area contributed by atoms with Gasteiger partial charge in [0.15, 0.2) is 0 Å². The van der Waals surface area contributed by atoms with Gasteiger partial charge in [-0.3, -0.25) is 4.79 Å². The molecule has 0 saturated carbocycles. The van der Waals surface area contributed by atoms with Crippen molar-refractivity contribution >= 4 is 43.5 Å². The Bertz CT molecular complexity index is 371. The topological polar surface area (TPSA) is 38.3 Å². The molecule has 1 aromatic rings. The molecule has 0 fully saturated rings. The second-order valence-corrected chi connectivity index (χ2v) is 6.76. The van der Waals surface area contributed by atoms with E-state index in [-0.39, 0.29) is 5.91 Å². The van der Waals surface area contributed by atoms with E-state index in [2.05, 4.69) is 37.2 Å². The van der Waals surface area contributed by atoms with Gasteiger partial charge >= 0.3 is 0 Å². The standard InChI is InChI=1S/C12H15Br2NO2/c1-12(2,14)11(16)15-9-3-5-10(6-4-9)17-8-7-13/h3-6H,7-8H2,1-2H3,(H,15,16). The van der Waals surface area contributed by atoms with Crippen molar-refractivity contribution in [2.24, 2.45) is 0 Å². The number of amides is 1. The van der Waals surface area contributed by atoms with Gasteiger partial charge in [0.1, 0.15) is 5.75 Å². The molecule has 17 heavy (non-hydrogen) atoms. The van der Waals surface area contributed by atoms with Gasteiger partial charge in [0.25, 0.3) is 0 Å². The van der Waals surface area contributed by atoms with Crippen molar-refractivity contribution in [3.05, 3.63) is 24.3 Å². The number of carbonyl (C=O) groups is 1. The summed E-state index contributed by atoms with van der Waals surface area (Å²) < 4.78 is 4.84. The second kappa shape index (κ2) is 6.40. The van der Waals surface area contributed by atoms with Gasteiger partial charge in [-0.25, -0.2) is 0 Å². The van der Waals surface area contributed by atoms with E-state index in [1.807, 2.05) is 24.3 Å². The number of rotatable bonds is 5. The lowest BCUT2D eigenvalue weighted by molar-refractivity contribution is -0.117. The van der Waals surface area contributed by atoms with Crippen LogP contribution in [0.1, 0.15) is 13.8 Å². The van der Waals surface area contributed by atoms with Crippen molar-refractivity contribution in [2.45, 2.75) is 18.2 Å². The van der Waals surface area contributed by atoms with Crippen molar-refractivity contribution in [3.63, 3.8) is 0 Å². The molecule has 0 atom stereocenters. The average Bonchev–Trinajstić information content (AvgIpc) is 2.27. The molecule has 0 saturated heterocycles. The number of carbonyl (C=O) groups excluding carboxylic acids is 1. The Kier molecular flexibility index (Phi) is 5.46. The zero-order valence-electron chi connectivity index (χ0n) is 9.80. The fraction of sp³-hybridized carbons (Fsp3) is 0.417. The molecule has 5 heteroatoms. The van der Waals surface area contributed by atoms with E-state index >= 15 is 0 Å². The quantitative estimate of drug-likeness (QED) is 0.811. The smallest absolute Gasteiger partial charge is 0.240 e. The highest BCUT2D eigenvalue weighted by Crippen LogP contribution is 2.20. The van der Waals surface area contributed by atoms with Crippen LogP contribution in [-0.4, -0.2) is 22.2 Å². The van der Waals surface area contributed by atoms with E-state index in [4.69, 9.17) is 4.74 Å². The number of nitrogens with one attached hydrogen (secondary N) is 1. The van der Waals surface area contributed by atoms with Crippen LogP contribution >= 0.6 is 31.9 Å². The van der Waals surface area contributed by atoms with Crippen LogP contribution in [0.4, 0.5) is 5.69 Å². The van der Waals surface area contributed by atoms with Gasteiger partial charge in [-0.2, -0.15) is 0 Å². The van der Waals surface area contributed by atoms with Crippen molar-refractivity contribution in [1.82, 2.24) is 0 Å². The first-order valence-corrected chi connectivity index (χ1v) is 7.14. The fourth-order valence-corrected chi connectivity index (χ4v) is 1.33. The fourth-order valence-electron chi connectivity index (χ4n) is 1.07. The molecule has 1 rings (SSSR count). The van der Waals surface area contributed by atoms with Gasteiger partial charge in [-0.15, -0.1) is 0 Å². The molecule has 0 unspecified atom stereocenters. The van der Waals surface area contributed by atoms with E-state index in [9.17, 15) is 4.79 Å². The minimum atomic E-state index is -0.571. The zero-order valence-corrected chi connectivity index (χ0v) is 13.0. The van der Waals surface area contributed by atoms with Gasteiger partial charge < -0.3 is 10.1 Å². The van der Waals surface area contributed by atoms with Gasteiger partial charge in [0.2, 0.25) is 5.91 Å². The lowest BCUT2D eigenvalue weighted by Crippen LogP contribution is -2.30. The van der Waals surface area contributed by atoms with Crippen molar-refractivity contribution < 1.29 is 9.53 Å². The Hall–Kier alpha value is -0.550. The molecular formula is C12H15Br2NO2. The maximum atomic E-state index is 11.7. The molecule has 0 radical (unpaired) electrons. The summed E-state index contributed by atoms with van der Waals surface area (Å²) in [6.07, 6.45) is 0. The number of ether oxygens (including phenoxy) is 1. The summed E-state index contributed by atoms with van der Waals surface area (Å²) in [7, 11) is 0. The summed E-state index contributed by atoms with van der Waals surface area (Å²) in [5, 5.41) is 3.61. The van der Waals surface area contributed by atoms with Crippen LogP contribution in [-0.2, 0) is 4.79 Å². The maximum absolute atomic E-state index is 11.7. The monoisotopic (exact) mass is 363 g/mol. The largest absolute Gasteiger partial charge is 0.493 e. The SMILES string of the molecule is CC(C)(Br)C(=O)Nc1ccc(OCCBr)cc1. The highest BCUT2D eigenvalue weighted by atomic mass is 79.9. The molecule has 0 aliphatic rings. The number of halogens is 2. The summed E-state index contributed by atoms with van der Waals surface area (Å²) in [6, 6.07) is 7.30. The summed E-state index contributed by atoms with van der Waals surface area (Å²) in [4.78, 5) is 11.7. The highest BCUT2D eigenvalue weighted by Gasteiger charge is 2.23. The van der Waals surface area contributed by atoms with Crippen molar-refractivity contribution in [1.29, 1.82) is 0 Å². The molecule has 0 aromatic heterocycles. The third kappa shape index (κ3) is 5.08. The number of alkyl halides is 2. The second-order valence-electron chi connectivity index (χ2n) is 3.99. The molecule has 0 bridgehead atoms. The van der Waals surface area contributed by atoms with Crippen LogP contribution in [0, 0.1) is 0 Å². The first-order valence-electron chi connectivity index (χ1n) is 5.22. The van der Waals surface area contributed by atoms with E-state index < -0.39 is 4.32 Å². The highest BCUT2D eigenvalue weighted by molar-refractivity contribution is 9.10. The Balaban J connectivity index is 2.59. The molecule has 0 spiro atoms. The normalized spacial score (nSPS) is 11.1. The lowest BCUT2D eigenvalue weighted by atomic mass is 10.2. The van der Waals surface area contributed by atoms with E-state index in [0.29, 0.717) is 6.61 Å². The number of benzene rings is 1. The third-order valence-corrected chi connectivity index (χ3v) is 2.68. The van der Waals surface area contributed by atoms with Crippen LogP contribution in [0.3, 0.4) is 0 Å². The molecule has 0 aliphatic carbocycles. The molecule has 1 amide bonds. The molecule has 0 heterocycles. The Morgan fingerprint density at radius 2 is 1.94 bits per heavy atom. The predicted octanol–water partition coefficient (Wildman–Crippen LogP) is 3.57. The Morgan fingerprint density at radius 1 is 1.35 bits per heavy atom. The summed E-state index contributed by atoms with van der Waals surface area (Å²) >= 11 is 6.60. The molecule has 94 valence electrons. The third-order valence-electron chi connectivity index (χ3n) is 2.00.